The average molecular weight is 349 g/mol. The number of halogens is 2. The van der Waals surface area contributed by atoms with Gasteiger partial charge in [-0.25, -0.2) is 0 Å². The van der Waals surface area contributed by atoms with E-state index in [4.69, 9.17) is 11.6 Å². The summed E-state index contributed by atoms with van der Waals surface area (Å²) in [5.74, 6) is 0.416. The number of thioether (sulfide) groups is 1. The largest absolute Gasteiger partial charge is 0.349 e. The summed E-state index contributed by atoms with van der Waals surface area (Å²) < 4.78 is 0. The van der Waals surface area contributed by atoms with Crippen LogP contribution in [0.5, 0.6) is 0 Å². The van der Waals surface area contributed by atoms with Crippen LogP contribution < -0.4 is 10.6 Å². The number of hydrogen-bond donors (Lipinski definition) is 2. The molecule has 21 heavy (non-hydrogen) atoms. The zero-order valence-corrected chi connectivity index (χ0v) is 14.7. The Morgan fingerprint density at radius 2 is 2.29 bits per heavy atom. The first kappa shape index (κ1) is 18.6. The molecule has 1 aromatic carbocycles. The number of piperidine rings is 1. The van der Waals surface area contributed by atoms with Crippen molar-refractivity contribution in [3.63, 3.8) is 0 Å². The van der Waals surface area contributed by atoms with Gasteiger partial charge >= 0.3 is 0 Å². The van der Waals surface area contributed by atoms with E-state index in [1.54, 1.807) is 17.8 Å². The van der Waals surface area contributed by atoms with Crippen LogP contribution in [0, 0.1) is 5.92 Å². The first-order valence-corrected chi connectivity index (χ1v) is 8.57. The van der Waals surface area contributed by atoms with E-state index in [1.165, 1.54) is 6.42 Å². The van der Waals surface area contributed by atoms with E-state index < -0.39 is 0 Å². The van der Waals surface area contributed by atoms with E-state index in [0.717, 1.165) is 24.4 Å². The number of carbonyl (C=O) groups is 1. The quantitative estimate of drug-likeness (QED) is 0.816. The lowest BCUT2D eigenvalue weighted by atomic mass is 9.92. The Balaban J connectivity index is 0.00000220. The third-order valence-corrected chi connectivity index (χ3v) is 4.87. The number of hydrogen-bond acceptors (Lipinski definition) is 3. The van der Waals surface area contributed by atoms with E-state index in [-0.39, 0.29) is 24.4 Å². The molecule has 118 valence electrons. The second-order valence-corrected chi connectivity index (χ2v) is 6.50. The SMILES string of the molecule is CSc1ccc(Cl)c(C(=O)NC(C)C2CCCNC2)c1.Cl. The second kappa shape index (κ2) is 8.89. The molecule has 1 saturated heterocycles. The van der Waals surface area contributed by atoms with E-state index in [2.05, 4.69) is 17.6 Å². The van der Waals surface area contributed by atoms with Gasteiger partial charge in [-0.3, -0.25) is 4.79 Å². The molecular formula is C15H22Cl2N2OS. The highest BCUT2D eigenvalue weighted by Gasteiger charge is 2.22. The molecule has 1 aromatic rings. The summed E-state index contributed by atoms with van der Waals surface area (Å²) in [7, 11) is 0. The van der Waals surface area contributed by atoms with Crippen LogP contribution in [-0.4, -0.2) is 31.3 Å². The fourth-order valence-corrected chi connectivity index (χ4v) is 3.16. The summed E-state index contributed by atoms with van der Waals surface area (Å²) in [6.07, 6.45) is 4.32. The molecule has 3 nitrogen and oxygen atoms in total. The summed E-state index contributed by atoms with van der Waals surface area (Å²) in [5.41, 5.74) is 0.564. The van der Waals surface area contributed by atoms with E-state index >= 15 is 0 Å². The lowest BCUT2D eigenvalue weighted by molar-refractivity contribution is 0.0922. The molecule has 1 heterocycles. The molecule has 1 amide bonds. The van der Waals surface area contributed by atoms with Gasteiger partial charge in [0.2, 0.25) is 0 Å². The molecule has 2 atom stereocenters. The van der Waals surface area contributed by atoms with Crippen LogP contribution in [0.15, 0.2) is 23.1 Å². The van der Waals surface area contributed by atoms with Crippen LogP contribution in [0.3, 0.4) is 0 Å². The zero-order valence-electron chi connectivity index (χ0n) is 12.3. The molecule has 6 heteroatoms. The highest BCUT2D eigenvalue weighted by Crippen LogP contribution is 2.23. The number of amides is 1. The minimum atomic E-state index is -0.0797. The van der Waals surface area contributed by atoms with Gasteiger partial charge in [0.05, 0.1) is 10.6 Å². The Hall–Kier alpha value is -0.420. The fraction of sp³-hybridized carbons (Fsp3) is 0.533. The zero-order chi connectivity index (χ0) is 14.5. The molecule has 0 aliphatic carbocycles. The highest BCUT2D eigenvalue weighted by atomic mass is 35.5. The van der Waals surface area contributed by atoms with Gasteiger partial charge in [0.1, 0.15) is 0 Å². The number of rotatable bonds is 4. The first-order valence-electron chi connectivity index (χ1n) is 6.97. The maximum Gasteiger partial charge on any atom is 0.253 e. The average Bonchev–Trinajstić information content (AvgIpc) is 2.48. The van der Waals surface area contributed by atoms with Crippen molar-refractivity contribution < 1.29 is 4.79 Å². The number of carbonyl (C=O) groups excluding carboxylic acids is 1. The Labute approximate surface area is 142 Å². The summed E-state index contributed by atoms with van der Waals surface area (Å²) in [4.78, 5) is 13.4. The van der Waals surface area contributed by atoms with Crippen molar-refractivity contribution >= 4 is 41.7 Å². The lowest BCUT2D eigenvalue weighted by Crippen LogP contribution is -2.44. The van der Waals surface area contributed by atoms with Gasteiger partial charge in [-0.15, -0.1) is 24.2 Å². The summed E-state index contributed by atoms with van der Waals surface area (Å²) in [6, 6.07) is 5.73. The molecule has 1 fully saturated rings. The standard InChI is InChI=1S/C15H21ClN2OS.ClH/c1-10(11-4-3-7-17-9-11)18-15(19)13-8-12(20-2)5-6-14(13)16;/h5-6,8,10-11,17H,3-4,7,9H2,1-2H3,(H,18,19);1H. The minimum Gasteiger partial charge on any atom is -0.349 e. The monoisotopic (exact) mass is 348 g/mol. The molecule has 1 aliphatic heterocycles. The Bertz CT molecular complexity index is 479. The van der Waals surface area contributed by atoms with Gasteiger partial charge in [-0.05, 0) is 63.2 Å². The van der Waals surface area contributed by atoms with E-state index in [0.29, 0.717) is 16.5 Å². The van der Waals surface area contributed by atoms with Crippen molar-refractivity contribution in [3.05, 3.63) is 28.8 Å². The van der Waals surface area contributed by atoms with Crippen molar-refractivity contribution in [2.24, 2.45) is 5.92 Å². The minimum absolute atomic E-state index is 0. The number of benzene rings is 1. The van der Waals surface area contributed by atoms with E-state index in [1.807, 2.05) is 18.4 Å². The first-order chi connectivity index (χ1) is 9.61. The maximum absolute atomic E-state index is 12.4. The van der Waals surface area contributed by atoms with Gasteiger partial charge < -0.3 is 10.6 Å². The van der Waals surface area contributed by atoms with Crippen molar-refractivity contribution in [3.8, 4) is 0 Å². The van der Waals surface area contributed by atoms with Crippen molar-refractivity contribution in [1.82, 2.24) is 10.6 Å². The normalized spacial score (nSPS) is 19.5. The summed E-state index contributed by atoms with van der Waals surface area (Å²) in [5, 5.41) is 6.97. The third-order valence-electron chi connectivity index (χ3n) is 3.82. The molecule has 0 saturated carbocycles. The van der Waals surface area contributed by atoms with Gasteiger partial charge in [-0.1, -0.05) is 11.6 Å². The van der Waals surface area contributed by atoms with Crippen LogP contribution >= 0.6 is 35.8 Å². The molecule has 2 unspecified atom stereocenters. The molecule has 2 N–H and O–H groups in total. The summed E-state index contributed by atoms with van der Waals surface area (Å²) >= 11 is 7.74. The van der Waals surface area contributed by atoms with Gasteiger partial charge in [0, 0.05) is 10.9 Å². The molecule has 0 aromatic heterocycles. The van der Waals surface area contributed by atoms with E-state index in [9.17, 15) is 4.79 Å². The van der Waals surface area contributed by atoms with Crippen LogP contribution in [0.4, 0.5) is 0 Å². The van der Waals surface area contributed by atoms with Crippen LogP contribution in [0.25, 0.3) is 0 Å². The Morgan fingerprint density at radius 1 is 1.52 bits per heavy atom. The number of nitrogens with one attached hydrogen (secondary N) is 2. The van der Waals surface area contributed by atoms with Crippen LogP contribution in [-0.2, 0) is 0 Å². The molecule has 0 radical (unpaired) electrons. The third kappa shape index (κ3) is 5.06. The van der Waals surface area contributed by atoms with Crippen molar-refractivity contribution in [2.75, 3.05) is 19.3 Å². The molecule has 1 aliphatic rings. The van der Waals surface area contributed by atoms with Crippen LogP contribution in [0.1, 0.15) is 30.1 Å². The Morgan fingerprint density at radius 3 is 2.90 bits per heavy atom. The highest BCUT2D eigenvalue weighted by molar-refractivity contribution is 7.98. The molecule has 0 bridgehead atoms. The second-order valence-electron chi connectivity index (χ2n) is 5.21. The summed E-state index contributed by atoms with van der Waals surface area (Å²) in [6.45, 7) is 4.13. The maximum atomic E-state index is 12.4. The predicted octanol–water partition coefficient (Wildman–Crippen LogP) is 3.60. The van der Waals surface area contributed by atoms with Crippen LogP contribution in [0.2, 0.25) is 5.02 Å². The Kier molecular flexibility index (Phi) is 7.88. The van der Waals surface area contributed by atoms with Crippen molar-refractivity contribution in [2.45, 2.75) is 30.7 Å². The molecule has 2 rings (SSSR count). The molecule has 0 spiro atoms. The van der Waals surface area contributed by atoms with Gasteiger partial charge in [-0.2, -0.15) is 0 Å². The van der Waals surface area contributed by atoms with Crippen molar-refractivity contribution in [1.29, 1.82) is 0 Å². The lowest BCUT2D eigenvalue weighted by Gasteiger charge is -2.29. The topological polar surface area (TPSA) is 41.1 Å². The predicted molar refractivity (Wildman–Crippen MR) is 93.0 cm³/mol. The smallest absolute Gasteiger partial charge is 0.253 e. The molecular weight excluding hydrogens is 327 g/mol. The van der Waals surface area contributed by atoms with Gasteiger partial charge in [0.25, 0.3) is 5.91 Å². The van der Waals surface area contributed by atoms with Gasteiger partial charge in [0.15, 0.2) is 0 Å². The fourth-order valence-electron chi connectivity index (χ4n) is 2.51.